The van der Waals surface area contributed by atoms with Gasteiger partial charge in [-0.25, -0.2) is 9.78 Å². The Bertz CT molecular complexity index is 964. The van der Waals surface area contributed by atoms with Crippen molar-refractivity contribution in [3.05, 3.63) is 64.6 Å². The lowest BCUT2D eigenvalue weighted by Crippen LogP contribution is -2.16. The Hall–Kier alpha value is -2.86. The number of aromatic nitrogens is 2. The number of imidazole rings is 1. The van der Waals surface area contributed by atoms with Gasteiger partial charge < -0.3 is 10.1 Å². The number of hydrogen-bond donors (Lipinski definition) is 1. The fourth-order valence-corrected chi connectivity index (χ4v) is 2.80. The molecule has 0 aliphatic rings. The molecule has 1 amide bonds. The Morgan fingerprint density at radius 1 is 1.19 bits per heavy atom. The summed E-state index contributed by atoms with van der Waals surface area (Å²) in [6.45, 7) is 4.00. The SMILES string of the molecule is CCOC(=O)c1ccc(NC(=O)c2c(CC)nc3cc(Cl)ccn23)cc1. The topological polar surface area (TPSA) is 72.7 Å². The molecular formula is C19H18ClN3O3. The minimum Gasteiger partial charge on any atom is -0.462 e. The Balaban J connectivity index is 1.86. The first-order valence-electron chi connectivity index (χ1n) is 8.28. The zero-order valence-electron chi connectivity index (χ0n) is 14.5. The summed E-state index contributed by atoms with van der Waals surface area (Å²) in [6, 6.07) is 9.98. The van der Waals surface area contributed by atoms with Crippen molar-refractivity contribution in [1.82, 2.24) is 9.38 Å². The monoisotopic (exact) mass is 371 g/mol. The number of aryl methyl sites for hydroxylation is 1. The molecule has 0 bridgehead atoms. The highest BCUT2D eigenvalue weighted by atomic mass is 35.5. The van der Waals surface area contributed by atoms with Gasteiger partial charge in [0.1, 0.15) is 11.3 Å². The molecule has 134 valence electrons. The number of nitrogens with zero attached hydrogens (tertiary/aromatic N) is 2. The Morgan fingerprint density at radius 2 is 1.92 bits per heavy atom. The summed E-state index contributed by atoms with van der Waals surface area (Å²) in [5.41, 5.74) is 2.79. The minimum absolute atomic E-state index is 0.277. The number of anilines is 1. The standard InChI is InChI=1S/C19H18ClN3O3/c1-3-15-17(23-10-9-13(20)11-16(23)22-15)18(24)21-14-7-5-12(6-8-14)19(25)26-4-2/h5-11H,3-4H2,1-2H3,(H,21,24). The number of carbonyl (C=O) groups is 2. The lowest BCUT2D eigenvalue weighted by Gasteiger charge is -2.08. The molecule has 0 saturated heterocycles. The van der Waals surface area contributed by atoms with Crippen molar-refractivity contribution >= 4 is 34.8 Å². The molecule has 0 saturated carbocycles. The molecule has 7 heteroatoms. The van der Waals surface area contributed by atoms with Crippen LogP contribution in [0, 0.1) is 0 Å². The third kappa shape index (κ3) is 3.55. The molecule has 2 heterocycles. The highest BCUT2D eigenvalue weighted by Gasteiger charge is 2.18. The Labute approximate surface area is 155 Å². The van der Waals surface area contributed by atoms with Gasteiger partial charge >= 0.3 is 5.97 Å². The second-order valence-electron chi connectivity index (χ2n) is 5.59. The number of rotatable bonds is 5. The first-order chi connectivity index (χ1) is 12.5. The Morgan fingerprint density at radius 3 is 2.58 bits per heavy atom. The number of halogens is 1. The summed E-state index contributed by atoms with van der Waals surface area (Å²) >= 11 is 6.00. The summed E-state index contributed by atoms with van der Waals surface area (Å²) in [6.07, 6.45) is 2.34. The van der Waals surface area contributed by atoms with Crippen LogP contribution in [-0.4, -0.2) is 27.9 Å². The van der Waals surface area contributed by atoms with Crippen molar-refractivity contribution in [2.24, 2.45) is 0 Å². The molecule has 0 unspecified atom stereocenters. The lowest BCUT2D eigenvalue weighted by atomic mass is 10.2. The van der Waals surface area contributed by atoms with Crippen molar-refractivity contribution in [3.8, 4) is 0 Å². The molecule has 2 aromatic heterocycles. The highest BCUT2D eigenvalue weighted by Crippen LogP contribution is 2.19. The predicted octanol–water partition coefficient (Wildman–Crippen LogP) is 3.98. The van der Waals surface area contributed by atoms with E-state index in [2.05, 4.69) is 10.3 Å². The summed E-state index contributed by atoms with van der Waals surface area (Å²) in [5, 5.41) is 3.40. The third-order valence-corrected chi connectivity index (χ3v) is 4.10. The first-order valence-corrected chi connectivity index (χ1v) is 8.66. The lowest BCUT2D eigenvalue weighted by molar-refractivity contribution is 0.0526. The van der Waals surface area contributed by atoms with E-state index in [1.54, 1.807) is 53.9 Å². The van der Waals surface area contributed by atoms with Gasteiger partial charge in [0, 0.05) is 23.0 Å². The molecule has 3 rings (SSSR count). The van der Waals surface area contributed by atoms with Crippen LogP contribution in [-0.2, 0) is 11.2 Å². The third-order valence-electron chi connectivity index (χ3n) is 3.86. The molecule has 3 aromatic rings. The highest BCUT2D eigenvalue weighted by molar-refractivity contribution is 6.30. The van der Waals surface area contributed by atoms with E-state index in [-0.39, 0.29) is 5.91 Å². The van der Waals surface area contributed by atoms with E-state index in [1.807, 2.05) is 6.92 Å². The maximum absolute atomic E-state index is 12.8. The fraction of sp³-hybridized carbons (Fsp3) is 0.211. The second-order valence-corrected chi connectivity index (χ2v) is 6.02. The summed E-state index contributed by atoms with van der Waals surface area (Å²) in [5.74, 6) is -0.669. The van der Waals surface area contributed by atoms with Crippen molar-refractivity contribution in [2.45, 2.75) is 20.3 Å². The number of nitrogens with one attached hydrogen (secondary N) is 1. The fourth-order valence-electron chi connectivity index (χ4n) is 2.65. The van der Waals surface area contributed by atoms with Crippen molar-refractivity contribution in [3.63, 3.8) is 0 Å². The van der Waals surface area contributed by atoms with E-state index in [1.165, 1.54) is 0 Å². The zero-order valence-corrected chi connectivity index (χ0v) is 15.2. The predicted molar refractivity (Wildman–Crippen MR) is 99.9 cm³/mol. The van der Waals surface area contributed by atoms with Gasteiger partial charge in [0.2, 0.25) is 0 Å². The normalized spacial score (nSPS) is 10.7. The van der Waals surface area contributed by atoms with E-state index in [0.29, 0.717) is 46.3 Å². The molecule has 0 aliphatic carbocycles. The van der Waals surface area contributed by atoms with Gasteiger partial charge in [0.15, 0.2) is 0 Å². The molecule has 0 aliphatic heterocycles. The van der Waals surface area contributed by atoms with Crippen LogP contribution in [0.25, 0.3) is 5.65 Å². The molecular weight excluding hydrogens is 354 g/mol. The van der Waals surface area contributed by atoms with Gasteiger partial charge in [0.05, 0.1) is 17.9 Å². The smallest absolute Gasteiger partial charge is 0.338 e. The van der Waals surface area contributed by atoms with Gasteiger partial charge in [-0.3, -0.25) is 9.20 Å². The van der Waals surface area contributed by atoms with Gasteiger partial charge in [-0.2, -0.15) is 0 Å². The number of pyridine rings is 1. The van der Waals surface area contributed by atoms with Gasteiger partial charge in [-0.1, -0.05) is 18.5 Å². The van der Waals surface area contributed by atoms with Crippen molar-refractivity contribution in [2.75, 3.05) is 11.9 Å². The van der Waals surface area contributed by atoms with E-state index < -0.39 is 5.97 Å². The van der Waals surface area contributed by atoms with Crippen LogP contribution in [0.3, 0.4) is 0 Å². The quantitative estimate of drug-likeness (QED) is 0.688. The van der Waals surface area contributed by atoms with Crippen LogP contribution in [0.15, 0.2) is 42.6 Å². The summed E-state index contributed by atoms with van der Waals surface area (Å²) < 4.78 is 6.66. The number of carbonyl (C=O) groups excluding carboxylic acids is 2. The summed E-state index contributed by atoms with van der Waals surface area (Å²) in [7, 11) is 0. The van der Waals surface area contributed by atoms with Crippen LogP contribution in [0.2, 0.25) is 5.02 Å². The summed E-state index contributed by atoms with van der Waals surface area (Å²) in [4.78, 5) is 28.9. The molecule has 0 fully saturated rings. The molecule has 6 nitrogen and oxygen atoms in total. The maximum Gasteiger partial charge on any atom is 0.338 e. The maximum atomic E-state index is 12.8. The number of fused-ring (bicyclic) bond motifs is 1. The number of benzene rings is 1. The van der Waals surface area contributed by atoms with Gasteiger partial charge in [0.25, 0.3) is 5.91 Å². The first kappa shape index (κ1) is 17.9. The van der Waals surface area contributed by atoms with Crippen molar-refractivity contribution < 1.29 is 14.3 Å². The zero-order chi connectivity index (χ0) is 18.7. The van der Waals surface area contributed by atoms with E-state index >= 15 is 0 Å². The second kappa shape index (κ2) is 7.58. The number of esters is 1. The van der Waals surface area contributed by atoms with Crippen molar-refractivity contribution in [1.29, 1.82) is 0 Å². The molecule has 1 aromatic carbocycles. The Kier molecular flexibility index (Phi) is 5.23. The average Bonchev–Trinajstić information content (AvgIpc) is 3.00. The minimum atomic E-state index is -0.391. The van der Waals surface area contributed by atoms with E-state index in [0.717, 1.165) is 0 Å². The number of ether oxygens (including phenoxy) is 1. The van der Waals surface area contributed by atoms with E-state index in [9.17, 15) is 9.59 Å². The van der Waals surface area contributed by atoms with Crippen LogP contribution < -0.4 is 5.32 Å². The molecule has 1 N–H and O–H groups in total. The number of hydrogen-bond acceptors (Lipinski definition) is 4. The van der Waals surface area contributed by atoms with Crippen LogP contribution in [0.5, 0.6) is 0 Å². The molecule has 0 spiro atoms. The van der Waals surface area contributed by atoms with Crippen LogP contribution >= 0.6 is 11.6 Å². The molecule has 0 atom stereocenters. The largest absolute Gasteiger partial charge is 0.462 e. The van der Waals surface area contributed by atoms with E-state index in [4.69, 9.17) is 16.3 Å². The van der Waals surface area contributed by atoms with Gasteiger partial charge in [-0.05, 0) is 43.7 Å². The molecule has 26 heavy (non-hydrogen) atoms. The van der Waals surface area contributed by atoms with Crippen LogP contribution in [0.4, 0.5) is 5.69 Å². The number of amides is 1. The molecule has 0 radical (unpaired) electrons. The van der Waals surface area contributed by atoms with Gasteiger partial charge in [-0.15, -0.1) is 0 Å². The average molecular weight is 372 g/mol. The van der Waals surface area contributed by atoms with Crippen LogP contribution in [0.1, 0.15) is 40.4 Å².